The molecule has 0 aliphatic carbocycles. The van der Waals surface area contributed by atoms with Crippen molar-refractivity contribution in [2.75, 3.05) is 5.48 Å². The van der Waals surface area contributed by atoms with Crippen LogP contribution in [0.2, 0.25) is 0 Å². The molecule has 22 heavy (non-hydrogen) atoms. The van der Waals surface area contributed by atoms with Crippen LogP contribution in [0.5, 0.6) is 0 Å². The first kappa shape index (κ1) is 15.6. The molecule has 0 bridgehead atoms. The third-order valence-corrected chi connectivity index (χ3v) is 3.00. The summed E-state index contributed by atoms with van der Waals surface area (Å²) in [6.45, 7) is 0. The van der Waals surface area contributed by atoms with Crippen molar-refractivity contribution < 1.29 is 14.4 Å². The molecule has 0 heterocycles. The van der Waals surface area contributed by atoms with Crippen LogP contribution < -0.4 is 11.2 Å². The maximum Gasteiger partial charge on any atom is 0.362 e. The van der Waals surface area contributed by atoms with Gasteiger partial charge in [-0.15, -0.1) is 5.11 Å². The Morgan fingerprint density at radius 1 is 1.05 bits per heavy atom. The molecular weight excluding hydrogens is 352 g/mol. The van der Waals surface area contributed by atoms with E-state index in [1.54, 1.807) is 48.5 Å². The van der Waals surface area contributed by atoms with Crippen molar-refractivity contribution in [1.29, 1.82) is 0 Å². The Morgan fingerprint density at radius 2 is 1.68 bits per heavy atom. The van der Waals surface area contributed by atoms with Gasteiger partial charge in [-0.25, -0.2) is 15.1 Å². The first-order valence-electron chi connectivity index (χ1n) is 6.08. The van der Waals surface area contributed by atoms with Crippen LogP contribution in [-0.2, 0) is 4.84 Å². The van der Waals surface area contributed by atoms with Crippen molar-refractivity contribution >= 4 is 39.3 Å². The number of rotatable bonds is 4. The molecule has 0 radical (unpaired) electrons. The third-order valence-electron chi connectivity index (χ3n) is 2.47. The number of urea groups is 1. The molecule has 2 aromatic rings. The number of hydrogen-bond acceptors (Lipinski definition) is 5. The second-order valence-corrected chi connectivity index (χ2v) is 5.00. The quantitative estimate of drug-likeness (QED) is 0.637. The highest BCUT2D eigenvalue weighted by Gasteiger charge is 2.07. The molecule has 112 valence electrons. The van der Waals surface area contributed by atoms with E-state index in [0.717, 1.165) is 4.47 Å². The number of carbonyl (C=O) groups excluding carboxylic acids is 2. The highest BCUT2D eigenvalue weighted by molar-refractivity contribution is 9.10. The van der Waals surface area contributed by atoms with Crippen molar-refractivity contribution in [3.05, 3.63) is 58.6 Å². The van der Waals surface area contributed by atoms with Crippen LogP contribution in [0.4, 0.5) is 16.2 Å². The Kier molecular flexibility index (Phi) is 5.21. The zero-order chi connectivity index (χ0) is 15.9. The van der Waals surface area contributed by atoms with Crippen LogP contribution in [0.25, 0.3) is 0 Å². The smallest absolute Gasteiger partial charge is 0.348 e. The number of halogens is 1. The molecule has 7 nitrogen and oxygen atoms in total. The van der Waals surface area contributed by atoms with E-state index in [1.807, 2.05) is 0 Å². The largest absolute Gasteiger partial charge is 0.362 e. The lowest BCUT2D eigenvalue weighted by molar-refractivity contribution is 0.0596. The van der Waals surface area contributed by atoms with E-state index in [1.165, 1.54) is 0 Å². The minimum atomic E-state index is -0.870. The number of carbonyl (C=O) groups is 2. The number of primary amides is 1. The van der Waals surface area contributed by atoms with Gasteiger partial charge < -0.3 is 10.6 Å². The molecular formula is C14H11BrN4O3. The predicted octanol–water partition coefficient (Wildman–Crippen LogP) is 3.80. The summed E-state index contributed by atoms with van der Waals surface area (Å²) < 4.78 is 0.873. The first-order valence-corrected chi connectivity index (χ1v) is 6.88. The number of azo groups is 1. The van der Waals surface area contributed by atoms with Gasteiger partial charge in [0.1, 0.15) is 0 Å². The molecule has 2 amide bonds. The standard InChI is InChI=1S/C14H11BrN4O3/c15-10-3-1-9(2-4-10)13(20)22-19-12-7-5-11(6-8-12)17-18-14(16)21/h1-8,19H,(H2,16,21). The van der Waals surface area contributed by atoms with Crippen molar-refractivity contribution in [3.8, 4) is 0 Å². The van der Waals surface area contributed by atoms with E-state index in [0.29, 0.717) is 16.9 Å². The number of benzene rings is 2. The number of nitrogens with one attached hydrogen (secondary N) is 1. The molecule has 0 aromatic heterocycles. The summed E-state index contributed by atoms with van der Waals surface area (Å²) in [5.41, 5.74) is 8.78. The van der Waals surface area contributed by atoms with Crippen molar-refractivity contribution in [2.45, 2.75) is 0 Å². The van der Waals surface area contributed by atoms with Gasteiger partial charge in [-0.05, 0) is 48.5 Å². The van der Waals surface area contributed by atoms with Crippen LogP contribution in [0.15, 0.2) is 63.2 Å². The molecule has 0 aliphatic rings. The minimum Gasteiger partial charge on any atom is -0.348 e. The van der Waals surface area contributed by atoms with E-state index >= 15 is 0 Å². The van der Waals surface area contributed by atoms with E-state index in [2.05, 4.69) is 31.6 Å². The van der Waals surface area contributed by atoms with Gasteiger partial charge in [0, 0.05) is 4.47 Å². The average Bonchev–Trinajstić information content (AvgIpc) is 2.52. The predicted molar refractivity (Wildman–Crippen MR) is 83.7 cm³/mol. The maximum absolute atomic E-state index is 11.8. The van der Waals surface area contributed by atoms with Crippen LogP contribution >= 0.6 is 15.9 Å². The maximum atomic E-state index is 11.8. The molecule has 0 atom stereocenters. The van der Waals surface area contributed by atoms with Crippen LogP contribution in [0, 0.1) is 0 Å². The molecule has 0 spiro atoms. The summed E-state index contributed by atoms with van der Waals surface area (Å²) in [5.74, 6) is -0.509. The van der Waals surface area contributed by atoms with Gasteiger partial charge in [-0.2, -0.15) is 0 Å². The Morgan fingerprint density at radius 3 is 2.27 bits per heavy atom. The van der Waals surface area contributed by atoms with Gasteiger partial charge >= 0.3 is 12.0 Å². The van der Waals surface area contributed by atoms with Crippen LogP contribution in [-0.4, -0.2) is 12.0 Å². The lowest BCUT2D eigenvalue weighted by atomic mass is 10.2. The molecule has 0 aliphatic heterocycles. The van der Waals surface area contributed by atoms with E-state index < -0.39 is 12.0 Å². The highest BCUT2D eigenvalue weighted by Crippen LogP contribution is 2.17. The van der Waals surface area contributed by atoms with Crippen molar-refractivity contribution in [3.63, 3.8) is 0 Å². The third kappa shape index (κ3) is 4.67. The fourth-order valence-electron chi connectivity index (χ4n) is 1.45. The van der Waals surface area contributed by atoms with E-state index in [4.69, 9.17) is 10.6 Å². The Bertz CT molecular complexity index is 699. The molecule has 3 N–H and O–H groups in total. The van der Waals surface area contributed by atoms with E-state index in [9.17, 15) is 9.59 Å². The Labute approximate surface area is 134 Å². The highest BCUT2D eigenvalue weighted by atomic mass is 79.9. The van der Waals surface area contributed by atoms with Gasteiger partial charge in [0.05, 0.1) is 16.9 Å². The average molecular weight is 363 g/mol. The first-order chi connectivity index (χ1) is 10.5. The van der Waals surface area contributed by atoms with Gasteiger partial charge in [-0.1, -0.05) is 21.0 Å². The second-order valence-electron chi connectivity index (χ2n) is 4.08. The fourth-order valence-corrected chi connectivity index (χ4v) is 1.72. The SMILES string of the molecule is NC(=O)N=Nc1ccc(NOC(=O)c2ccc(Br)cc2)cc1. The molecule has 0 saturated heterocycles. The van der Waals surface area contributed by atoms with E-state index in [-0.39, 0.29) is 0 Å². The minimum absolute atomic E-state index is 0.419. The monoisotopic (exact) mass is 362 g/mol. The Balaban J connectivity index is 1.92. The lowest BCUT2D eigenvalue weighted by Gasteiger charge is -2.06. The summed E-state index contributed by atoms with van der Waals surface area (Å²) in [5, 5.41) is 6.81. The van der Waals surface area contributed by atoms with Gasteiger partial charge in [0.2, 0.25) is 0 Å². The van der Waals surface area contributed by atoms with Gasteiger partial charge in [0.25, 0.3) is 0 Å². The molecule has 0 saturated carbocycles. The van der Waals surface area contributed by atoms with Gasteiger partial charge in [0.15, 0.2) is 0 Å². The summed E-state index contributed by atoms with van der Waals surface area (Å²) >= 11 is 3.29. The molecule has 0 fully saturated rings. The number of anilines is 1. The summed E-state index contributed by atoms with van der Waals surface area (Å²) in [7, 11) is 0. The number of amides is 2. The molecule has 8 heteroatoms. The molecule has 0 unspecified atom stereocenters. The topological polar surface area (TPSA) is 106 Å². The summed E-state index contributed by atoms with van der Waals surface area (Å²) in [6, 6.07) is 12.3. The second kappa shape index (κ2) is 7.32. The zero-order valence-electron chi connectivity index (χ0n) is 11.2. The normalized spacial score (nSPS) is 10.4. The van der Waals surface area contributed by atoms with Crippen molar-refractivity contribution in [2.24, 2.45) is 16.0 Å². The van der Waals surface area contributed by atoms with Crippen LogP contribution in [0.1, 0.15) is 10.4 Å². The number of nitrogens with two attached hydrogens (primary N) is 1. The summed E-state index contributed by atoms with van der Waals surface area (Å²) in [4.78, 5) is 27.2. The fraction of sp³-hybridized carbons (Fsp3) is 0. The lowest BCUT2D eigenvalue weighted by Crippen LogP contribution is -2.10. The van der Waals surface area contributed by atoms with Gasteiger partial charge in [-0.3, -0.25) is 0 Å². The number of nitrogens with zero attached hydrogens (tertiary/aromatic N) is 2. The van der Waals surface area contributed by atoms with Crippen LogP contribution in [0.3, 0.4) is 0 Å². The molecule has 2 aromatic carbocycles. The Hall–Kier alpha value is -2.74. The zero-order valence-corrected chi connectivity index (χ0v) is 12.8. The van der Waals surface area contributed by atoms with Crippen molar-refractivity contribution in [1.82, 2.24) is 0 Å². The number of hydrogen-bond donors (Lipinski definition) is 2. The molecule has 2 rings (SSSR count). The summed E-state index contributed by atoms with van der Waals surface area (Å²) in [6.07, 6.45) is 0.